The lowest BCUT2D eigenvalue weighted by Gasteiger charge is -2.30. The van der Waals surface area contributed by atoms with E-state index in [-0.39, 0.29) is 11.9 Å². The third-order valence-electron chi connectivity index (χ3n) is 3.02. The lowest BCUT2D eigenvalue weighted by atomic mass is 10.1. The van der Waals surface area contributed by atoms with Crippen molar-refractivity contribution in [3.63, 3.8) is 0 Å². The highest BCUT2D eigenvalue weighted by atomic mass is 16.4. The first kappa shape index (κ1) is 15.2. The van der Waals surface area contributed by atoms with Crippen molar-refractivity contribution < 1.29 is 24.6 Å². The number of carboxylic acids is 1. The molecule has 0 aromatic heterocycles. The fourth-order valence-corrected chi connectivity index (χ4v) is 1.69. The van der Waals surface area contributed by atoms with E-state index in [1.165, 1.54) is 4.90 Å². The number of carboxylic acid groups (broad SMARTS) is 1. The number of aliphatic carboxylic acids is 1. The van der Waals surface area contributed by atoms with E-state index in [0.717, 1.165) is 6.92 Å². The highest BCUT2D eigenvalue weighted by Crippen LogP contribution is 2.09. The summed E-state index contributed by atoms with van der Waals surface area (Å²) in [6.45, 7) is 1.12. The first-order chi connectivity index (χ1) is 8.72. The third-order valence-corrected chi connectivity index (χ3v) is 3.02. The standard InChI is InChI=1S/C11H19N3O5/c1-11(19,9(16)17)6-12-10(18)13-7-3-4-8(15)14(2)5-7/h7,19H,3-6H2,1-2H3,(H,16,17)(H2,12,13,18). The molecular formula is C11H19N3O5. The van der Waals surface area contributed by atoms with Crippen LogP contribution >= 0.6 is 0 Å². The van der Waals surface area contributed by atoms with Crippen molar-refractivity contribution in [2.24, 2.45) is 0 Å². The van der Waals surface area contributed by atoms with Crippen LogP contribution in [-0.4, -0.2) is 64.8 Å². The number of hydrogen-bond donors (Lipinski definition) is 4. The molecule has 0 radical (unpaired) electrons. The summed E-state index contributed by atoms with van der Waals surface area (Å²) in [7, 11) is 1.66. The molecule has 1 heterocycles. The highest BCUT2D eigenvalue weighted by molar-refractivity contribution is 5.80. The largest absolute Gasteiger partial charge is 0.479 e. The van der Waals surface area contributed by atoms with Crippen molar-refractivity contribution in [2.75, 3.05) is 20.1 Å². The van der Waals surface area contributed by atoms with Gasteiger partial charge in [-0.1, -0.05) is 0 Å². The number of urea groups is 1. The second-order valence-corrected chi connectivity index (χ2v) is 4.92. The van der Waals surface area contributed by atoms with Crippen LogP contribution in [0.2, 0.25) is 0 Å². The molecule has 0 aromatic carbocycles. The topological polar surface area (TPSA) is 119 Å². The number of hydrogen-bond acceptors (Lipinski definition) is 4. The van der Waals surface area contributed by atoms with E-state index < -0.39 is 24.1 Å². The van der Waals surface area contributed by atoms with Crippen molar-refractivity contribution in [2.45, 2.75) is 31.4 Å². The SMILES string of the molecule is CN1CC(NC(=O)NCC(C)(O)C(=O)O)CCC1=O. The summed E-state index contributed by atoms with van der Waals surface area (Å²) in [5.74, 6) is -1.37. The normalized spacial score (nSPS) is 22.6. The number of piperidine rings is 1. The molecule has 3 amide bonds. The molecule has 1 aliphatic heterocycles. The second kappa shape index (κ2) is 5.87. The number of nitrogens with one attached hydrogen (secondary N) is 2. The molecule has 1 rings (SSSR count). The van der Waals surface area contributed by atoms with Crippen LogP contribution < -0.4 is 10.6 Å². The van der Waals surface area contributed by atoms with Crippen molar-refractivity contribution in [3.8, 4) is 0 Å². The van der Waals surface area contributed by atoms with Crippen molar-refractivity contribution in [3.05, 3.63) is 0 Å². The predicted molar refractivity (Wildman–Crippen MR) is 65.5 cm³/mol. The van der Waals surface area contributed by atoms with Gasteiger partial charge in [0.1, 0.15) is 0 Å². The summed E-state index contributed by atoms with van der Waals surface area (Å²) in [6, 6.07) is -0.730. The summed E-state index contributed by atoms with van der Waals surface area (Å²) in [5.41, 5.74) is -2.00. The Hall–Kier alpha value is -1.83. The highest BCUT2D eigenvalue weighted by Gasteiger charge is 2.31. The van der Waals surface area contributed by atoms with Gasteiger partial charge in [0.15, 0.2) is 5.60 Å². The van der Waals surface area contributed by atoms with Gasteiger partial charge in [-0.25, -0.2) is 9.59 Å². The second-order valence-electron chi connectivity index (χ2n) is 4.92. The Balaban J connectivity index is 2.36. The summed E-state index contributed by atoms with van der Waals surface area (Å²) in [6.07, 6.45) is 0.917. The number of aliphatic hydroxyl groups is 1. The predicted octanol–water partition coefficient (Wildman–Crippen LogP) is -1.26. The van der Waals surface area contributed by atoms with Gasteiger partial charge in [-0.3, -0.25) is 4.79 Å². The quantitative estimate of drug-likeness (QED) is 0.510. The number of likely N-dealkylation sites (N-methyl/N-ethyl adjacent to an activating group) is 1. The number of carbonyl (C=O) groups excluding carboxylic acids is 2. The maximum absolute atomic E-state index is 11.5. The van der Waals surface area contributed by atoms with Crippen molar-refractivity contribution in [1.29, 1.82) is 0 Å². The van der Waals surface area contributed by atoms with Gasteiger partial charge in [0.05, 0.1) is 6.54 Å². The van der Waals surface area contributed by atoms with Gasteiger partial charge in [0.2, 0.25) is 5.91 Å². The molecule has 1 fully saturated rings. The van der Waals surface area contributed by atoms with E-state index >= 15 is 0 Å². The average Bonchev–Trinajstić information content (AvgIpc) is 2.31. The minimum atomic E-state index is -2.00. The zero-order valence-electron chi connectivity index (χ0n) is 11.0. The smallest absolute Gasteiger partial charge is 0.337 e. The van der Waals surface area contributed by atoms with E-state index in [1.807, 2.05) is 0 Å². The van der Waals surface area contributed by atoms with Gasteiger partial charge in [-0.15, -0.1) is 0 Å². The van der Waals surface area contributed by atoms with Crippen molar-refractivity contribution in [1.82, 2.24) is 15.5 Å². The molecule has 108 valence electrons. The summed E-state index contributed by atoms with van der Waals surface area (Å²) in [5, 5.41) is 23.0. The van der Waals surface area contributed by atoms with Crippen LogP contribution in [0.15, 0.2) is 0 Å². The van der Waals surface area contributed by atoms with E-state index in [2.05, 4.69) is 10.6 Å². The van der Waals surface area contributed by atoms with Gasteiger partial charge in [-0.2, -0.15) is 0 Å². The molecule has 0 aromatic rings. The minimum absolute atomic E-state index is 0.0345. The molecule has 1 aliphatic rings. The number of amides is 3. The molecule has 1 saturated heterocycles. The Morgan fingerprint density at radius 3 is 2.68 bits per heavy atom. The van der Waals surface area contributed by atoms with Crippen LogP contribution in [0.5, 0.6) is 0 Å². The Bertz CT molecular complexity index is 383. The molecule has 19 heavy (non-hydrogen) atoms. The molecule has 0 bridgehead atoms. The molecular weight excluding hydrogens is 254 g/mol. The lowest BCUT2D eigenvalue weighted by Crippen LogP contribution is -2.54. The van der Waals surface area contributed by atoms with Crippen LogP contribution in [0.25, 0.3) is 0 Å². The molecule has 8 heteroatoms. The van der Waals surface area contributed by atoms with Crippen LogP contribution in [0, 0.1) is 0 Å². The molecule has 4 N–H and O–H groups in total. The van der Waals surface area contributed by atoms with Gasteiger partial charge in [-0.05, 0) is 13.3 Å². The number of likely N-dealkylation sites (tertiary alicyclic amines) is 1. The van der Waals surface area contributed by atoms with E-state index in [0.29, 0.717) is 19.4 Å². The number of nitrogens with zero attached hydrogens (tertiary/aromatic N) is 1. The molecule has 0 aliphatic carbocycles. The number of carbonyl (C=O) groups is 3. The zero-order valence-corrected chi connectivity index (χ0v) is 11.0. The van der Waals surface area contributed by atoms with Gasteiger partial charge in [0.25, 0.3) is 0 Å². The third kappa shape index (κ3) is 4.40. The molecule has 2 atom stereocenters. The van der Waals surface area contributed by atoms with Gasteiger partial charge >= 0.3 is 12.0 Å². The summed E-state index contributed by atoms with van der Waals surface area (Å²) >= 11 is 0. The first-order valence-electron chi connectivity index (χ1n) is 5.96. The zero-order chi connectivity index (χ0) is 14.6. The Labute approximate surface area is 110 Å². The summed E-state index contributed by atoms with van der Waals surface area (Å²) < 4.78 is 0. The lowest BCUT2D eigenvalue weighted by molar-refractivity contribution is -0.155. The Morgan fingerprint density at radius 1 is 1.53 bits per heavy atom. The minimum Gasteiger partial charge on any atom is -0.479 e. The molecule has 2 unspecified atom stereocenters. The van der Waals surface area contributed by atoms with E-state index in [1.54, 1.807) is 7.05 Å². The molecule has 0 spiro atoms. The number of rotatable bonds is 4. The molecule has 8 nitrogen and oxygen atoms in total. The summed E-state index contributed by atoms with van der Waals surface area (Å²) in [4.78, 5) is 35.0. The Morgan fingerprint density at radius 2 is 2.16 bits per heavy atom. The Kier molecular flexibility index (Phi) is 4.71. The van der Waals surface area contributed by atoms with Crippen LogP contribution in [0.1, 0.15) is 19.8 Å². The monoisotopic (exact) mass is 273 g/mol. The van der Waals surface area contributed by atoms with E-state index in [9.17, 15) is 19.5 Å². The van der Waals surface area contributed by atoms with Gasteiger partial charge in [0, 0.05) is 26.1 Å². The fourth-order valence-electron chi connectivity index (χ4n) is 1.69. The molecule has 0 saturated carbocycles. The van der Waals surface area contributed by atoms with Crippen LogP contribution in [-0.2, 0) is 9.59 Å². The van der Waals surface area contributed by atoms with Crippen LogP contribution in [0.3, 0.4) is 0 Å². The van der Waals surface area contributed by atoms with E-state index in [4.69, 9.17) is 5.11 Å². The fraction of sp³-hybridized carbons (Fsp3) is 0.727. The first-order valence-corrected chi connectivity index (χ1v) is 5.96. The van der Waals surface area contributed by atoms with Crippen molar-refractivity contribution >= 4 is 17.9 Å². The van der Waals surface area contributed by atoms with Gasteiger partial charge < -0.3 is 25.7 Å². The van der Waals surface area contributed by atoms with Crippen LogP contribution in [0.4, 0.5) is 4.79 Å². The average molecular weight is 273 g/mol. The maximum atomic E-state index is 11.5. The maximum Gasteiger partial charge on any atom is 0.337 e.